The molecule has 33 heavy (non-hydrogen) atoms. The van der Waals surface area contributed by atoms with E-state index in [0.717, 1.165) is 18.6 Å². The Balaban J connectivity index is 1.39. The monoisotopic (exact) mass is 456 g/mol. The second kappa shape index (κ2) is 12.0. The van der Waals surface area contributed by atoms with E-state index in [0.29, 0.717) is 55.0 Å². The number of rotatable bonds is 10. The summed E-state index contributed by atoms with van der Waals surface area (Å²) in [5.41, 5.74) is 0.520. The average Bonchev–Trinajstić information content (AvgIpc) is 2.86. The standard InChI is InChI=1S/C25H32N2O6/c1-4-32-20-6-8-21(9-7-20)33-17-24(28)27-13-11-18(12-14-27)16-26-25(29)19-5-10-22(30-2)23(15-19)31-3/h5-10,15,18H,4,11-14,16-17H2,1-3H3,(H,26,29). The third kappa shape index (κ3) is 6.78. The molecule has 8 nitrogen and oxygen atoms in total. The van der Waals surface area contributed by atoms with Crippen LogP contribution in [0, 0.1) is 5.92 Å². The summed E-state index contributed by atoms with van der Waals surface area (Å²) in [5, 5.41) is 2.99. The largest absolute Gasteiger partial charge is 0.494 e. The third-order valence-electron chi connectivity index (χ3n) is 5.66. The average molecular weight is 457 g/mol. The van der Waals surface area contributed by atoms with Crippen molar-refractivity contribution in [2.75, 3.05) is 47.1 Å². The summed E-state index contributed by atoms with van der Waals surface area (Å²) in [7, 11) is 3.10. The topological polar surface area (TPSA) is 86.3 Å². The summed E-state index contributed by atoms with van der Waals surface area (Å²) in [6.45, 7) is 4.42. The Kier molecular flexibility index (Phi) is 8.80. The lowest BCUT2D eigenvalue weighted by Crippen LogP contribution is -2.43. The number of likely N-dealkylation sites (tertiary alicyclic amines) is 1. The fraction of sp³-hybridized carbons (Fsp3) is 0.440. The van der Waals surface area contributed by atoms with E-state index in [1.165, 1.54) is 7.11 Å². The summed E-state index contributed by atoms with van der Waals surface area (Å²) in [5.74, 6) is 2.65. The maximum Gasteiger partial charge on any atom is 0.260 e. The molecule has 0 aromatic heterocycles. The Bertz CT molecular complexity index is 923. The van der Waals surface area contributed by atoms with Crippen LogP contribution in [-0.4, -0.2) is 63.8 Å². The number of ether oxygens (including phenoxy) is 4. The van der Waals surface area contributed by atoms with Gasteiger partial charge in [-0.3, -0.25) is 9.59 Å². The van der Waals surface area contributed by atoms with Gasteiger partial charge in [0.2, 0.25) is 0 Å². The molecule has 3 rings (SSSR count). The van der Waals surface area contributed by atoms with Crippen molar-refractivity contribution in [3.8, 4) is 23.0 Å². The first-order valence-electron chi connectivity index (χ1n) is 11.2. The second-order valence-electron chi connectivity index (χ2n) is 7.80. The van der Waals surface area contributed by atoms with Crippen molar-refractivity contribution in [1.82, 2.24) is 10.2 Å². The third-order valence-corrected chi connectivity index (χ3v) is 5.66. The van der Waals surface area contributed by atoms with E-state index >= 15 is 0 Å². The minimum absolute atomic E-state index is 0.00862. The maximum absolute atomic E-state index is 12.5. The first kappa shape index (κ1) is 24.2. The molecule has 1 aliphatic rings. The van der Waals surface area contributed by atoms with Crippen molar-refractivity contribution < 1.29 is 28.5 Å². The van der Waals surface area contributed by atoms with Crippen LogP contribution in [0.5, 0.6) is 23.0 Å². The Labute approximate surface area is 194 Å². The van der Waals surface area contributed by atoms with Gasteiger partial charge in [0.05, 0.1) is 20.8 Å². The Morgan fingerprint density at radius 2 is 1.58 bits per heavy atom. The lowest BCUT2D eigenvalue weighted by atomic mass is 9.96. The molecule has 178 valence electrons. The molecule has 1 aliphatic heterocycles. The molecule has 8 heteroatoms. The lowest BCUT2D eigenvalue weighted by Gasteiger charge is -2.32. The number of carbonyl (C=O) groups is 2. The van der Waals surface area contributed by atoms with Crippen LogP contribution in [-0.2, 0) is 4.79 Å². The van der Waals surface area contributed by atoms with Crippen molar-refractivity contribution in [2.45, 2.75) is 19.8 Å². The number of nitrogens with one attached hydrogen (secondary N) is 1. The van der Waals surface area contributed by atoms with Crippen molar-refractivity contribution in [2.24, 2.45) is 5.92 Å². The molecule has 2 aromatic carbocycles. The quantitative estimate of drug-likeness (QED) is 0.591. The minimum atomic E-state index is -0.154. The van der Waals surface area contributed by atoms with E-state index in [1.54, 1.807) is 37.4 Å². The molecule has 0 aliphatic carbocycles. The zero-order valence-electron chi connectivity index (χ0n) is 19.5. The number of carbonyl (C=O) groups excluding carboxylic acids is 2. The van der Waals surface area contributed by atoms with Gasteiger partial charge in [0.25, 0.3) is 11.8 Å². The molecule has 0 unspecified atom stereocenters. The maximum atomic E-state index is 12.5. The number of hydrogen-bond donors (Lipinski definition) is 1. The van der Waals surface area contributed by atoms with Crippen molar-refractivity contribution in [3.63, 3.8) is 0 Å². The zero-order valence-corrected chi connectivity index (χ0v) is 19.5. The molecule has 0 atom stereocenters. The van der Waals surface area contributed by atoms with E-state index in [-0.39, 0.29) is 18.4 Å². The zero-order chi connectivity index (χ0) is 23.6. The van der Waals surface area contributed by atoms with E-state index in [1.807, 2.05) is 24.0 Å². The summed E-state index contributed by atoms with van der Waals surface area (Å²) >= 11 is 0. The molecule has 0 saturated carbocycles. The molecule has 2 amide bonds. The lowest BCUT2D eigenvalue weighted by molar-refractivity contribution is -0.134. The first-order valence-corrected chi connectivity index (χ1v) is 11.2. The molecular weight excluding hydrogens is 424 g/mol. The van der Waals surface area contributed by atoms with Crippen LogP contribution in [0.25, 0.3) is 0 Å². The summed E-state index contributed by atoms with van der Waals surface area (Å²) in [6.07, 6.45) is 1.67. The van der Waals surface area contributed by atoms with Crippen LogP contribution in [0.1, 0.15) is 30.1 Å². The van der Waals surface area contributed by atoms with Gasteiger partial charge >= 0.3 is 0 Å². The summed E-state index contributed by atoms with van der Waals surface area (Å²) in [6, 6.07) is 12.3. The van der Waals surface area contributed by atoms with Gasteiger partial charge in [0, 0.05) is 25.2 Å². The van der Waals surface area contributed by atoms with E-state index in [2.05, 4.69) is 5.32 Å². The Morgan fingerprint density at radius 3 is 2.18 bits per heavy atom. The highest BCUT2D eigenvalue weighted by molar-refractivity contribution is 5.94. The molecule has 0 spiro atoms. The normalized spacial score (nSPS) is 13.8. The highest BCUT2D eigenvalue weighted by Crippen LogP contribution is 2.27. The molecule has 1 saturated heterocycles. The van der Waals surface area contributed by atoms with Gasteiger partial charge in [-0.05, 0) is 68.1 Å². The van der Waals surface area contributed by atoms with Crippen molar-refractivity contribution >= 4 is 11.8 Å². The van der Waals surface area contributed by atoms with Crippen LogP contribution in [0.4, 0.5) is 0 Å². The molecule has 0 radical (unpaired) electrons. The fourth-order valence-corrected chi connectivity index (χ4v) is 3.74. The minimum Gasteiger partial charge on any atom is -0.494 e. The van der Waals surface area contributed by atoms with Gasteiger partial charge in [-0.1, -0.05) is 0 Å². The predicted molar refractivity (Wildman–Crippen MR) is 124 cm³/mol. The number of amides is 2. The molecule has 2 aromatic rings. The van der Waals surface area contributed by atoms with E-state index in [4.69, 9.17) is 18.9 Å². The van der Waals surface area contributed by atoms with Gasteiger partial charge in [-0.25, -0.2) is 0 Å². The number of nitrogens with zero attached hydrogens (tertiary/aromatic N) is 1. The molecule has 0 bridgehead atoms. The molecular formula is C25H32N2O6. The molecule has 1 N–H and O–H groups in total. The van der Waals surface area contributed by atoms with Gasteiger partial charge in [0.1, 0.15) is 11.5 Å². The van der Waals surface area contributed by atoms with Crippen LogP contribution >= 0.6 is 0 Å². The summed E-state index contributed by atoms with van der Waals surface area (Å²) in [4.78, 5) is 26.8. The predicted octanol–water partition coefficient (Wildman–Crippen LogP) is 3.15. The van der Waals surface area contributed by atoms with Gasteiger partial charge < -0.3 is 29.2 Å². The van der Waals surface area contributed by atoms with Gasteiger partial charge in [-0.15, -0.1) is 0 Å². The smallest absolute Gasteiger partial charge is 0.260 e. The van der Waals surface area contributed by atoms with E-state index in [9.17, 15) is 9.59 Å². The Morgan fingerprint density at radius 1 is 0.939 bits per heavy atom. The number of piperidine rings is 1. The fourth-order valence-electron chi connectivity index (χ4n) is 3.74. The number of hydrogen-bond acceptors (Lipinski definition) is 6. The number of benzene rings is 2. The van der Waals surface area contributed by atoms with Gasteiger partial charge in [-0.2, -0.15) is 0 Å². The number of methoxy groups -OCH3 is 2. The van der Waals surface area contributed by atoms with Crippen LogP contribution < -0.4 is 24.3 Å². The summed E-state index contributed by atoms with van der Waals surface area (Å²) < 4.78 is 21.5. The SMILES string of the molecule is CCOc1ccc(OCC(=O)N2CCC(CNC(=O)c3ccc(OC)c(OC)c3)CC2)cc1. The van der Waals surface area contributed by atoms with Crippen LogP contribution in [0.2, 0.25) is 0 Å². The highest BCUT2D eigenvalue weighted by Gasteiger charge is 2.23. The van der Waals surface area contributed by atoms with Crippen LogP contribution in [0.15, 0.2) is 42.5 Å². The van der Waals surface area contributed by atoms with Gasteiger partial charge in [0.15, 0.2) is 18.1 Å². The molecule has 1 fully saturated rings. The second-order valence-corrected chi connectivity index (χ2v) is 7.80. The van der Waals surface area contributed by atoms with Crippen molar-refractivity contribution in [1.29, 1.82) is 0 Å². The highest BCUT2D eigenvalue weighted by atomic mass is 16.5. The molecule has 1 heterocycles. The van der Waals surface area contributed by atoms with Crippen molar-refractivity contribution in [3.05, 3.63) is 48.0 Å². The van der Waals surface area contributed by atoms with E-state index < -0.39 is 0 Å². The van der Waals surface area contributed by atoms with Crippen LogP contribution in [0.3, 0.4) is 0 Å². The Hall–Kier alpha value is -3.42. The first-order chi connectivity index (χ1) is 16.0.